The standard InChI is InChI=1S/C15H17Cl2N3OS/c1-9-5-14(12(17)6-11(9)16)22-8-13-10(7-19(2)3)15(21)20(4)18-13/h5-7H,8H2,1-4H3/b10-7+. The summed E-state index contributed by atoms with van der Waals surface area (Å²) in [4.78, 5) is 14.9. The van der Waals surface area contributed by atoms with Crippen molar-refractivity contribution in [3.05, 3.63) is 39.5 Å². The summed E-state index contributed by atoms with van der Waals surface area (Å²) in [5, 5.41) is 6.92. The Morgan fingerprint density at radius 2 is 2.00 bits per heavy atom. The molecule has 2 rings (SSSR count). The second kappa shape index (κ2) is 6.94. The quantitative estimate of drug-likeness (QED) is 0.609. The molecule has 0 saturated carbocycles. The minimum atomic E-state index is -0.0947. The van der Waals surface area contributed by atoms with E-state index in [2.05, 4.69) is 5.10 Å². The van der Waals surface area contributed by atoms with Crippen LogP contribution >= 0.6 is 35.0 Å². The van der Waals surface area contributed by atoms with Gasteiger partial charge in [0, 0.05) is 43.0 Å². The van der Waals surface area contributed by atoms with Crippen LogP contribution in [0.5, 0.6) is 0 Å². The summed E-state index contributed by atoms with van der Waals surface area (Å²) in [5.41, 5.74) is 2.33. The smallest absolute Gasteiger partial charge is 0.277 e. The molecular weight excluding hydrogens is 341 g/mol. The van der Waals surface area contributed by atoms with Crippen molar-refractivity contribution in [1.29, 1.82) is 0 Å². The highest BCUT2D eigenvalue weighted by molar-refractivity contribution is 8.00. The average Bonchev–Trinajstić information content (AvgIpc) is 2.69. The van der Waals surface area contributed by atoms with Crippen LogP contribution in [0.2, 0.25) is 10.0 Å². The average molecular weight is 358 g/mol. The zero-order valence-electron chi connectivity index (χ0n) is 12.9. The molecule has 0 radical (unpaired) electrons. The molecule has 0 spiro atoms. The third kappa shape index (κ3) is 3.77. The van der Waals surface area contributed by atoms with E-state index in [9.17, 15) is 4.79 Å². The van der Waals surface area contributed by atoms with Crippen molar-refractivity contribution < 1.29 is 4.79 Å². The maximum absolute atomic E-state index is 12.1. The Bertz CT molecular complexity index is 671. The minimum absolute atomic E-state index is 0.0947. The zero-order valence-corrected chi connectivity index (χ0v) is 15.2. The Kier molecular flexibility index (Phi) is 5.42. The van der Waals surface area contributed by atoms with Gasteiger partial charge in [0.15, 0.2) is 0 Å². The van der Waals surface area contributed by atoms with Gasteiger partial charge in [0.1, 0.15) is 0 Å². The Morgan fingerprint density at radius 1 is 1.32 bits per heavy atom. The number of likely N-dealkylation sites (N-methyl/N-ethyl adjacent to an activating group) is 1. The van der Waals surface area contributed by atoms with Crippen LogP contribution in [0, 0.1) is 6.92 Å². The number of hydrazone groups is 1. The lowest BCUT2D eigenvalue weighted by Gasteiger charge is -2.09. The first-order valence-corrected chi connectivity index (χ1v) is 8.36. The van der Waals surface area contributed by atoms with Gasteiger partial charge in [-0.2, -0.15) is 5.10 Å². The summed E-state index contributed by atoms with van der Waals surface area (Å²) in [5.74, 6) is 0.471. The fourth-order valence-electron chi connectivity index (χ4n) is 1.96. The Hall–Kier alpha value is -1.17. The molecule has 1 aromatic carbocycles. The predicted molar refractivity (Wildman–Crippen MR) is 93.9 cm³/mol. The fraction of sp³-hybridized carbons (Fsp3) is 0.333. The number of rotatable bonds is 4. The number of amides is 1. The molecule has 4 nitrogen and oxygen atoms in total. The first-order chi connectivity index (χ1) is 10.3. The SMILES string of the molecule is Cc1cc(SCC2=NN(C)C(=O)/C2=C/N(C)C)c(Cl)cc1Cl. The third-order valence-corrected chi connectivity index (χ3v) is 4.97. The van der Waals surface area contributed by atoms with E-state index in [1.54, 1.807) is 31.1 Å². The molecule has 0 fully saturated rings. The van der Waals surface area contributed by atoms with Crippen molar-refractivity contribution >= 4 is 46.6 Å². The Morgan fingerprint density at radius 3 is 2.64 bits per heavy atom. The summed E-state index contributed by atoms with van der Waals surface area (Å²) in [6.45, 7) is 1.94. The molecule has 1 aliphatic rings. The molecule has 0 N–H and O–H groups in total. The van der Waals surface area contributed by atoms with E-state index in [0.717, 1.165) is 16.2 Å². The molecule has 0 aromatic heterocycles. The number of hydrogen-bond donors (Lipinski definition) is 0. The highest BCUT2D eigenvalue weighted by Gasteiger charge is 2.27. The molecule has 0 atom stereocenters. The molecule has 22 heavy (non-hydrogen) atoms. The molecule has 1 aliphatic heterocycles. The van der Waals surface area contributed by atoms with Crippen molar-refractivity contribution in [1.82, 2.24) is 9.91 Å². The van der Waals surface area contributed by atoms with E-state index in [-0.39, 0.29) is 5.91 Å². The van der Waals surface area contributed by atoms with Crippen molar-refractivity contribution in [3.8, 4) is 0 Å². The van der Waals surface area contributed by atoms with Crippen molar-refractivity contribution in [3.63, 3.8) is 0 Å². The normalized spacial score (nSPS) is 16.5. The van der Waals surface area contributed by atoms with E-state index in [1.807, 2.05) is 32.0 Å². The Balaban J connectivity index is 2.19. The second-order valence-corrected chi connectivity index (χ2v) is 7.03. The van der Waals surface area contributed by atoms with Gasteiger partial charge in [0.05, 0.1) is 16.3 Å². The van der Waals surface area contributed by atoms with Crippen LogP contribution in [0.4, 0.5) is 0 Å². The number of halogens is 2. The number of nitrogens with zero attached hydrogens (tertiary/aromatic N) is 3. The summed E-state index contributed by atoms with van der Waals surface area (Å²) < 4.78 is 0. The van der Waals surface area contributed by atoms with Gasteiger partial charge < -0.3 is 4.90 Å². The second-order valence-electron chi connectivity index (χ2n) is 5.20. The summed E-state index contributed by atoms with van der Waals surface area (Å²) in [6.07, 6.45) is 1.79. The molecule has 0 bridgehead atoms. The molecular formula is C15H17Cl2N3OS. The number of thioether (sulfide) groups is 1. The van der Waals surface area contributed by atoms with Gasteiger partial charge in [-0.15, -0.1) is 11.8 Å². The van der Waals surface area contributed by atoms with Crippen molar-refractivity contribution in [2.45, 2.75) is 11.8 Å². The van der Waals surface area contributed by atoms with Crippen LogP contribution < -0.4 is 0 Å². The van der Waals surface area contributed by atoms with Gasteiger partial charge in [0.2, 0.25) is 0 Å². The molecule has 1 heterocycles. The van der Waals surface area contributed by atoms with Crippen LogP contribution in [-0.2, 0) is 4.79 Å². The van der Waals surface area contributed by atoms with Crippen molar-refractivity contribution in [2.24, 2.45) is 5.10 Å². The number of carbonyl (C=O) groups is 1. The third-order valence-electron chi connectivity index (χ3n) is 3.07. The van der Waals surface area contributed by atoms with Crippen LogP contribution in [-0.4, -0.2) is 48.4 Å². The molecule has 7 heteroatoms. The minimum Gasteiger partial charge on any atom is -0.383 e. The number of benzene rings is 1. The summed E-state index contributed by atoms with van der Waals surface area (Å²) in [7, 11) is 5.41. The van der Waals surface area contributed by atoms with Gasteiger partial charge in [-0.05, 0) is 24.6 Å². The lowest BCUT2D eigenvalue weighted by atomic mass is 10.2. The molecule has 1 amide bonds. The van der Waals surface area contributed by atoms with Crippen LogP contribution in [0.25, 0.3) is 0 Å². The zero-order chi connectivity index (χ0) is 16.4. The van der Waals surface area contributed by atoms with Crippen LogP contribution in [0.15, 0.2) is 33.9 Å². The molecule has 118 valence electrons. The molecule has 0 unspecified atom stereocenters. The summed E-state index contributed by atoms with van der Waals surface area (Å²) >= 11 is 13.8. The maximum Gasteiger partial charge on any atom is 0.277 e. The van der Waals surface area contributed by atoms with Crippen LogP contribution in [0.1, 0.15) is 5.56 Å². The number of hydrogen-bond acceptors (Lipinski definition) is 4. The van der Waals surface area contributed by atoms with E-state index < -0.39 is 0 Å². The van der Waals surface area contributed by atoms with Gasteiger partial charge in [-0.3, -0.25) is 4.79 Å². The first-order valence-electron chi connectivity index (χ1n) is 6.62. The number of aryl methyl sites for hydroxylation is 1. The van der Waals surface area contributed by atoms with Gasteiger partial charge in [-0.25, -0.2) is 5.01 Å². The Labute approximate surface area is 144 Å². The first kappa shape index (κ1) is 17.2. The van der Waals surface area contributed by atoms with E-state index in [0.29, 0.717) is 21.4 Å². The lowest BCUT2D eigenvalue weighted by molar-refractivity contribution is -0.124. The topological polar surface area (TPSA) is 35.9 Å². The predicted octanol–water partition coefficient (Wildman–Crippen LogP) is 3.67. The highest BCUT2D eigenvalue weighted by atomic mass is 35.5. The van der Waals surface area contributed by atoms with Crippen molar-refractivity contribution in [2.75, 3.05) is 26.9 Å². The summed E-state index contributed by atoms with van der Waals surface area (Å²) in [6, 6.07) is 3.69. The van der Waals surface area contributed by atoms with E-state index in [4.69, 9.17) is 23.2 Å². The van der Waals surface area contributed by atoms with Crippen LogP contribution in [0.3, 0.4) is 0 Å². The molecule has 1 aromatic rings. The lowest BCUT2D eigenvalue weighted by Crippen LogP contribution is -2.19. The fourth-order valence-corrected chi connectivity index (χ4v) is 3.47. The maximum atomic E-state index is 12.1. The van der Waals surface area contributed by atoms with E-state index >= 15 is 0 Å². The van der Waals surface area contributed by atoms with E-state index in [1.165, 1.54) is 5.01 Å². The highest BCUT2D eigenvalue weighted by Crippen LogP contribution is 2.33. The monoisotopic (exact) mass is 357 g/mol. The van der Waals surface area contributed by atoms with Gasteiger partial charge in [0.25, 0.3) is 5.91 Å². The van der Waals surface area contributed by atoms with Gasteiger partial charge in [-0.1, -0.05) is 23.2 Å². The van der Waals surface area contributed by atoms with Gasteiger partial charge >= 0.3 is 0 Å². The molecule has 0 aliphatic carbocycles. The largest absolute Gasteiger partial charge is 0.383 e. The number of carbonyl (C=O) groups excluding carboxylic acids is 1. The molecule has 0 saturated heterocycles.